The molecule has 1 aliphatic heterocycles. The van der Waals surface area contributed by atoms with Crippen molar-refractivity contribution >= 4 is 11.5 Å². The lowest BCUT2D eigenvalue weighted by Crippen LogP contribution is -2.34. The molecule has 0 atom stereocenters. The van der Waals surface area contributed by atoms with Gasteiger partial charge in [-0.2, -0.15) is 0 Å². The fourth-order valence-corrected chi connectivity index (χ4v) is 3.12. The highest BCUT2D eigenvalue weighted by molar-refractivity contribution is 5.92. The number of hydrogen-bond donors (Lipinski definition) is 0. The lowest BCUT2D eigenvalue weighted by atomic mass is 9.99. The first-order valence-corrected chi connectivity index (χ1v) is 8.74. The molecule has 5 nitrogen and oxygen atoms in total. The zero-order valence-electron chi connectivity index (χ0n) is 14.7. The molecule has 4 rings (SSSR count). The predicted molar refractivity (Wildman–Crippen MR) is 101 cm³/mol. The first kappa shape index (κ1) is 16.3. The van der Waals surface area contributed by atoms with Gasteiger partial charge in [-0.25, -0.2) is 4.68 Å². The van der Waals surface area contributed by atoms with E-state index in [0.717, 1.165) is 12.1 Å². The molecule has 0 N–H and O–H groups in total. The Bertz CT molecular complexity index is 942. The topological polar surface area (TPSA) is 51.0 Å². The maximum atomic E-state index is 12.7. The van der Waals surface area contributed by atoms with Crippen molar-refractivity contribution < 1.29 is 4.79 Å². The average molecular weight is 344 g/mol. The Morgan fingerprint density at radius 1 is 1.04 bits per heavy atom. The van der Waals surface area contributed by atoms with Crippen molar-refractivity contribution in [3.63, 3.8) is 0 Å². The molecule has 0 bridgehead atoms. The first-order valence-electron chi connectivity index (χ1n) is 8.74. The summed E-state index contributed by atoms with van der Waals surface area (Å²) in [4.78, 5) is 14.5. The van der Waals surface area contributed by atoms with E-state index in [1.165, 1.54) is 16.7 Å². The van der Waals surface area contributed by atoms with Crippen molar-refractivity contribution in [2.75, 3.05) is 13.1 Å². The van der Waals surface area contributed by atoms with E-state index in [2.05, 4.69) is 28.5 Å². The molecular weight excluding hydrogens is 324 g/mol. The minimum atomic E-state index is -0.0771. The van der Waals surface area contributed by atoms with Gasteiger partial charge in [-0.05, 0) is 36.6 Å². The van der Waals surface area contributed by atoms with Crippen molar-refractivity contribution in [2.45, 2.75) is 13.3 Å². The summed E-state index contributed by atoms with van der Waals surface area (Å²) in [7, 11) is 0. The molecule has 1 amide bonds. The predicted octanol–water partition coefficient (Wildman–Crippen LogP) is 3.51. The number of carbonyl (C=O) groups excluding carboxylic acids is 1. The van der Waals surface area contributed by atoms with E-state index in [1.807, 2.05) is 54.3 Å². The molecule has 26 heavy (non-hydrogen) atoms. The van der Waals surface area contributed by atoms with Gasteiger partial charge in [-0.1, -0.05) is 59.3 Å². The van der Waals surface area contributed by atoms with E-state index in [9.17, 15) is 4.79 Å². The van der Waals surface area contributed by atoms with Crippen LogP contribution in [0, 0.1) is 6.92 Å². The standard InChI is InChI=1S/C21H20N4O/c1-16-7-9-19(10-8-16)25-15-20(22-23-25)21(26)24-13-11-18(12-14-24)17-5-3-2-4-6-17/h2-11,15H,12-14H2,1H3. The zero-order valence-corrected chi connectivity index (χ0v) is 14.7. The summed E-state index contributed by atoms with van der Waals surface area (Å²) in [6, 6.07) is 18.3. The number of nitrogens with zero attached hydrogens (tertiary/aromatic N) is 4. The molecule has 0 fully saturated rings. The van der Waals surface area contributed by atoms with Gasteiger partial charge in [0, 0.05) is 13.1 Å². The van der Waals surface area contributed by atoms with Crippen LogP contribution in [0.5, 0.6) is 0 Å². The van der Waals surface area contributed by atoms with Gasteiger partial charge in [-0.3, -0.25) is 4.79 Å². The highest BCUT2D eigenvalue weighted by atomic mass is 16.2. The van der Waals surface area contributed by atoms with Crippen molar-refractivity contribution in [3.05, 3.63) is 83.7 Å². The van der Waals surface area contributed by atoms with Gasteiger partial charge in [0.15, 0.2) is 5.69 Å². The van der Waals surface area contributed by atoms with Crippen LogP contribution in [-0.4, -0.2) is 38.9 Å². The molecule has 3 aromatic rings. The van der Waals surface area contributed by atoms with Crippen LogP contribution in [0.1, 0.15) is 28.0 Å². The minimum absolute atomic E-state index is 0.0771. The molecule has 0 radical (unpaired) electrons. The monoisotopic (exact) mass is 344 g/mol. The van der Waals surface area contributed by atoms with Crippen LogP contribution in [0.15, 0.2) is 66.9 Å². The van der Waals surface area contributed by atoms with E-state index in [1.54, 1.807) is 10.9 Å². The number of benzene rings is 2. The summed E-state index contributed by atoms with van der Waals surface area (Å²) < 4.78 is 1.64. The Balaban J connectivity index is 1.47. The zero-order chi connectivity index (χ0) is 17.9. The van der Waals surface area contributed by atoms with Crippen LogP contribution in [-0.2, 0) is 0 Å². The number of rotatable bonds is 3. The number of aromatic nitrogens is 3. The fraction of sp³-hybridized carbons (Fsp3) is 0.190. The first-order chi connectivity index (χ1) is 12.7. The number of hydrogen-bond acceptors (Lipinski definition) is 3. The van der Waals surface area contributed by atoms with Crippen LogP contribution < -0.4 is 0 Å². The van der Waals surface area contributed by atoms with E-state index < -0.39 is 0 Å². The molecule has 0 saturated heterocycles. The SMILES string of the molecule is Cc1ccc(-n2cc(C(=O)N3CC=C(c4ccccc4)CC3)nn2)cc1. The maximum absolute atomic E-state index is 12.7. The minimum Gasteiger partial charge on any atom is -0.333 e. The van der Waals surface area contributed by atoms with Gasteiger partial charge in [0.05, 0.1) is 11.9 Å². The molecule has 5 heteroatoms. The van der Waals surface area contributed by atoms with Gasteiger partial charge in [-0.15, -0.1) is 5.10 Å². The molecule has 2 heterocycles. The summed E-state index contributed by atoms with van der Waals surface area (Å²) in [5, 5.41) is 8.17. The average Bonchev–Trinajstić information content (AvgIpc) is 3.19. The second kappa shape index (κ2) is 6.96. The van der Waals surface area contributed by atoms with Crippen molar-refractivity contribution in [3.8, 4) is 5.69 Å². The lowest BCUT2D eigenvalue weighted by Gasteiger charge is -2.25. The third-order valence-corrected chi connectivity index (χ3v) is 4.65. The Morgan fingerprint density at radius 2 is 1.81 bits per heavy atom. The summed E-state index contributed by atoms with van der Waals surface area (Å²) in [5.41, 5.74) is 4.97. The van der Waals surface area contributed by atoms with E-state index >= 15 is 0 Å². The Morgan fingerprint density at radius 3 is 2.50 bits per heavy atom. The third-order valence-electron chi connectivity index (χ3n) is 4.65. The number of amides is 1. The van der Waals surface area contributed by atoms with E-state index in [0.29, 0.717) is 18.8 Å². The van der Waals surface area contributed by atoms with Crippen LogP contribution >= 0.6 is 0 Å². The van der Waals surface area contributed by atoms with Crippen molar-refractivity contribution in [2.24, 2.45) is 0 Å². The van der Waals surface area contributed by atoms with Crippen LogP contribution in [0.25, 0.3) is 11.3 Å². The molecule has 0 spiro atoms. The molecule has 0 aliphatic carbocycles. The van der Waals surface area contributed by atoms with Gasteiger partial charge >= 0.3 is 0 Å². The smallest absolute Gasteiger partial charge is 0.276 e. The quantitative estimate of drug-likeness (QED) is 0.731. The van der Waals surface area contributed by atoms with Gasteiger partial charge in [0.1, 0.15) is 0 Å². The third kappa shape index (κ3) is 3.28. The van der Waals surface area contributed by atoms with Crippen molar-refractivity contribution in [1.29, 1.82) is 0 Å². The van der Waals surface area contributed by atoms with E-state index in [4.69, 9.17) is 0 Å². The molecule has 130 valence electrons. The molecule has 1 aliphatic rings. The second-order valence-electron chi connectivity index (χ2n) is 6.48. The lowest BCUT2D eigenvalue weighted by molar-refractivity contribution is 0.0767. The van der Waals surface area contributed by atoms with Crippen LogP contribution in [0.3, 0.4) is 0 Å². The summed E-state index contributed by atoms with van der Waals surface area (Å²) in [5.74, 6) is -0.0771. The highest BCUT2D eigenvalue weighted by Gasteiger charge is 2.22. The second-order valence-corrected chi connectivity index (χ2v) is 6.48. The molecule has 2 aromatic carbocycles. The Labute approximate surface area is 152 Å². The van der Waals surface area contributed by atoms with Gasteiger partial charge in [0.25, 0.3) is 5.91 Å². The van der Waals surface area contributed by atoms with Gasteiger partial charge < -0.3 is 4.90 Å². The molecule has 0 saturated carbocycles. The number of aryl methyl sites for hydroxylation is 1. The summed E-state index contributed by atoms with van der Waals surface area (Å²) in [6.45, 7) is 3.32. The van der Waals surface area contributed by atoms with Crippen LogP contribution in [0.2, 0.25) is 0 Å². The normalized spacial score (nSPS) is 14.2. The maximum Gasteiger partial charge on any atom is 0.276 e. The van der Waals surface area contributed by atoms with Crippen LogP contribution in [0.4, 0.5) is 0 Å². The van der Waals surface area contributed by atoms with Crippen molar-refractivity contribution in [1.82, 2.24) is 19.9 Å². The Hall–Kier alpha value is -3.21. The van der Waals surface area contributed by atoms with E-state index in [-0.39, 0.29) is 5.91 Å². The largest absolute Gasteiger partial charge is 0.333 e. The highest BCUT2D eigenvalue weighted by Crippen LogP contribution is 2.22. The summed E-state index contributed by atoms with van der Waals surface area (Å²) >= 11 is 0. The molecule has 0 unspecified atom stereocenters. The number of carbonyl (C=O) groups is 1. The Kier molecular flexibility index (Phi) is 4.35. The summed E-state index contributed by atoms with van der Waals surface area (Å²) in [6.07, 6.45) is 4.67. The molecular formula is C21H20N4O. The van der Waals surface area contributed by atoms with Gasteiger partial charge in [0.2, 0.25) is 0 Å². The fourth-order valence-electron chi connectivity index (χ4n) is 3.12. The molecule has 1 aromatic heterocycles.